The Morgan fingerprint density at radius 1 is 1.17 bits per heavy atom. The maximum absolute atomic E-state index is 11.6. The van der Waals surface area contributed by atoms with E-state index < -0.39 is 0 Å². The molecule has 0 bridgehead atoms. The van der Waals surface area contributed by atoms with E-state index in [2.05, 4.69) is 27.0 Å². The maximum atomic E-state index is 11.6. The number of aryl methyl sites for hydroxylation is 1. The van der Waals surface area contributed by atoms with Crippen LogP contribution in [0, 0.1) is 12.8 Å². The van der Waals surface area contributed by atoms with E-state index in [-0.39, 0.29) is 11.9 Å². The van der Waals surface area contributed by atoms with Gasteiger partial charge in [0.15, 0.2) is 0 Å². The second kappa shape index (κ2) is 6.77. The molecule has 1 aromatic heterocycles. The molecule has 0 spiro atoms. The fourth-order valence-electron chi connectivity index (χ4n) is 2.98. The van der Waals surface area contributed by atoms with E-state index in [9.17, 15) is 4.79 Å². The number of hydrogen-bond acceptors (Lipinski definition) is 5. The lowest BCUT2D eigenvalue weighted by atomic mass is 9.97. The van der Waals surface area contributed by atoms with E-state index >= 15 is 0 Å². The Balaban J connectivity index is 1.79. The lowest BCUT2D eigenvalue weighted by Gasteiger charge is -2.31. The van der Waals surface area contributed by atoms with E-state index in [1.54, 1.807) is 0 Å². The average molecular weight is 311 g/mol. The van der Waals surface area contributed by atoms with Crippen molar-refractivity contribution in [1.29, 1.82) is 0 Å². The van der Waals surface area contributed by atoms with Crippen molar-refractivity contribution in [3.05, 3.63) is 42.2 Å². The van der Waals surface area contributed by atoms with Gasteiger partial charge < -0.3 is 9.64 Å². The monoisotopic (exact) mass is 311 g/mol. The summed E-state index contributed by atoms with van der Waals surface area (Å²) in [7, 11) is 1.45. The molecule has 1 aliphatic rings. The van der Waals surface area contributed by atoms with Gasteiger partial charge in [0.1, 0.15) is 11.6 Å². The maximum Gasteiger partial charge on any atom is 0.308 e. The zero-order valence-corrected chi connectivity index (χ0v) is 13.5. The van der Waals surface area contributed by atoms with Crippen molar-refractivity contribution < 1.29 is 9.53 Å². The number of nitrogens with zero attached hydrogens (tertiary/aromatic N) is 3. The summed E-state index contributed by atoms with van der Waals surface area (Å²) in [5.41, 5.74) is 2.02. The molecule has 1 fully saturated rings. The molecule has 1 aromatic carbocycles. The predicted octanol–water partition coefficient (Wildman–Crippen LogP) is 2.84. The number of carbonyl (C=O) groups excluding carboxylic acids is 1. The van der Waals surface area contributed by atoms with E-state index in [4.69, 9.17) is 4.74 Å². The zero-order chi connectivity index (χ0) is 16.2. The van der Waals surface area contributed by atoms with E-state index in [0.29, 0.717) is 0 Å². The molecule has 1 aliphatic heterocycles. The molecular formula is C18H21N3O2. The summed E-state index contributed by atoms with van der Waals surface area (Å²) in [4.78, 5) is 23.0. The first-order valence-corrected chi connectivity index (χ1v) is 7.91. The molecule has 23 heavy (non-hydrogen) atoms. The van der Waals surface area contributed by atoms with Crippen molar-refractivity contribution in [2.24, 2.45) is 5.92 Å². The summed E-state index contributed by atoms with van der Waals surface area (Å²) in [6.07, 6.45) is 1.60. The smallest absolute Gasteiger partial charge is 0.308 e. The van der Waals surface area contributed by atoms with Gasteiger partial charge in [0.25, 0.3) is 0 Å². The molecule has 2 aromatic rings. The highest BCUT2D eigenvalue weighted by atomic mass is 16.5. The fourth-order valence-corrected chi connectivity index (χ4v) is 2.98. The molecule has 3 rings (SSSR count). The lowest BCUT2D eigenvalue weighted by Crippen LogP contribution is -2.37. The minimum absolute atomic E-state index is 0.00720. The first-order chi connectivity index (χ1) is 11.2. The molecule has 0 atom stereocenters. The zero-order valence-electron chi connectivity index (χ0n) is 13.5. The average Bonchev–Trinajstić information content (AvgIpc) is 2.61. The van der Waals surface area contributed by atoms with Crippen LogP contribution in [0.3, 0.4) is 0 Å². The van der Waals surface area contributed by atoms with Crippen LogP contribution in [0.2, 0.25) is 0 Å². The van der Waals surface area contributed by atoms with Crippen LogP contribution in [-0.4, -0.2) is 36.1 Å². The number of piperidine rings is 1. The van der Waals surface area contributed by atoms with Crippen LogP contribution >= 0.6 is 0 Å². The molecule has 0 N–H and O–H groups in total. The Kier molecular flexibility index (Phi) is 4.55. The number of hydrogen-bond donors (Lipinski definition) is 0. The number of methoxy groups -OCH3 is 1. The normalized spacial score (nSPS) is 15.5. The minimum Gasteiger partial charge on any atom is -0.469 e. The lowest BCUT2D eigenvalue weighted by molar-refractivity contribution is -0.146. The molecule has 0 aliphatic carbocycles. The number of aromatic nitrogens is 2. The minimum atomic E-state index is -0.103. The van der Waals surface area contributed by atoms with Crippen LogP contribution in [0.1, 0.15) is 18.7 Å². The molecule has 0 radical (unpaired) electrons. The number of esters is 1. The van der Waals surface area contributed by atoms with E-state index in [0.717, 1.165) is 48.8 Å². The highest BCUT2D eigenvalue weighted by Gasteiger charge is 2.26. The quantitative estimate of drug-likeness (QED) is 0.816. The molecule has 1 saturated heterocycles. The third kappa shape index (κ3) is 3.50. The Morgan fingerprint density at radius 3 is 2.52 bits per heavy atom. The van der Waals surface area contributed by atoms with Crippen LogP contribution in [0.25, 0.3) is 11.3 Å². The van der Waals surface area contributed by atoms with Crippen LogP contribution < -0.4 is 4.90 Å². The predicted molar refractivity (Wildman–Crippen MR) is 89.2 cm³/mol. The Labute approximate surface area is 136 Å². The molecule has 0 unspecified atom stereocenters. The third-order valence-corrected chi connectivity index (χ3v) is 4.25. The number of carbonyl (C=O) groups is 1. The topological polar surface area (TPSA) is 55.3 Å². The van der Waals surface area contributed by atoms with Gasteiger partial charge in [0.05, 0.1) is 18.7 Å². The summed E-state index contributed by atoms with van der Waals surface area (Å²) in [6, 6.07) is 12.1. The highest BCUT2D eigenvalue weighted by molar-refractivity contribution is 5.72. The number of rotatable bonds is 3. The Hall–Kier alpha value is -2.43. The van der Waals surface area contributed by atoms with Gasteiger partial charge in [-0.25, -0.2) is 9.97 Å². The van der Waals surface area contributed by atoms with Gasteiger partial charge in [-0.1, -0.05) is 30.3 Å². The van der Waals surface area contributed by atoms with Gasteiger partial charge in [-0.3, -0.25) is 4.79 Å². The molecule has 120 valence electrons. The molecule has 5 heteroatoms. The standard InChI is InChI=1S/C18H21N3O2/c1-13-19-16(14-6-4-3-5-7-14)12-17(20-13)21-10-8-15(9-11-21)18(22)23-2/h3-7,12,15H,8-11H2,1-2H3. The van der Waals surface area contributed by atoms with Crippen LogP contribution in [0.15, 0.2) is 36.4 Å². The summed E-state index contributed by atoms with van der Waals surface area (Å²) in [5, 5.41) is 0. The Bertz CT molecular complexity index is 680. The second-order valence-electron chi connectivity index (χ2n) is 5.81. The number of benzene rings is 1. The summed E-state index contributed by atoms with van der Waals surface area (Å²) in [6.45, 7) is 3.53. The van der Waals surface area contributed by atoms with Crippen LogP contribution in [-0.2, 0) is 9.53 Å². The van der Waals surface area contributed by atoms with Crippen molar-refractivity contribution in [2.75, 3.05) is 25.1 Å². The third-order valence-electron chi connectivity index (χ3n) is 4.25. The Morgan fingerprint density at radius 2 is 1.87 bits per heavy atom. The summed E-state index contributed by atoms with van der Waals surface area (Å²) >= 11 is 0. The first-order valence-electron chi connectivity index (χ1n) is 7.91. The highest BCUT2D eigenvalue weighted by Crippen LogP contribution is 2.26. The van der Waals surface area contributed by atoms with Gasteiger partial charge in [-0.05, 0) is 19.8 Å². The second-order valence-corrected chi connectivity index (χ2v) is 5.81. The van der Waals surface area contributed by atoms with Gasteiger partial charge in [-0.15, -0.1) is 0 Å². The van der Waals surface area contributed by atoms with E-state index in [1.165, 1.54) is 7.11 Å². The summed E-state index contributed by atoms with van der Waals surface area (Å²) < 4.78 is 4.84. The van der Waals surface area contributed by atoms with Crippen molar-refractivity contribution in [3.63, 3.8) is 0 Å². The van der Waals surface area contributed by atoms with E-state index in [1.807, 2.05) is 31.2 Å². The number of ether oxygens (including phenoxy) is 1. The van der Waals surface area contributed by atoms with Crippen molar-refractivity contribution >= 4 is 11.8 Å². The first kappa shape index (κ1) is 15.5. The van der Waals surface area contributed by atoms with Crippen molar-refractivity contribution in [1.82, 2.24) is 9.97 Å². The molecular weight excluding hydrogens is 290 g/mol. The van der Waals surface area contributed by atoms with Crippen molar-refractivity contribution in [2.45, 2.75) is 19.8 Å². The molecule has 2 heterocycles. The molecule has 5 nitrogen and oxygen atoms in total. The van der Waals surface area contributed by atoms with Crippen LogP contribution in [0.4, 0.5) is 5.82 Å². The summed E-state index contributed by atoms with van der Waals surface area (Å²) in [5.74, 6) is 1.59. The molecule has 0 amide bonds. The van der Waals surface area contributed by atoms with Gasteiger partial charge >= 0.3 is 5.97 Å². The number of anilines is 1. The van der Waals surface area contributed by atoms with Gasteiger partial charge in [-0.2, -0.15) is 0 Å². The largest absolute Gasteiger partial charge is 0.469 e. The van der Waals surface area contributed by atoms with Crippen LogP contribution in [0.5, 0.6) is 0 Å². The fraction of sp³-hybridized carbons (Fsp3) is 0.389. The molecule has 0 saturated carbocycles. The van der Waals surface area contributed by atoms with Gasteiger partial charge in [0.2, 0.25) is 0 Å². The SMILES string of the molecule is COC(=O)C1CCN(c2cc(-c3ccccc3)nc(C)n2)CC1. The van der Waals surface area contributed by atoms with Crippen molar-refractivity contribution in [3.8, 4) is 11.3 Å². The van der Waals surface area contributed by atoms with Gasteiger partial charge in [0, 0.05) is 24.7 Å².